The Morgan fingerprint density at radius 1 is 1.19 bits per heavy atom. The van der Waals surface area contributed by atoms with Crippen LogP contribution in [-0.2, 0) is 9.53 Å². The Balaban J connectivity index is 3.71. The number of carbonyl (C=O) groups excluding carboxylic acids is 1. The van der Waals surface area contributed by atoms with Crippen molar-refractivity contribution < 1.29 is 9.53 Å². The number of esters is 1. The van der Waals surface area contributed by atoms with Crippen LogP contribution in [0.15, 0.2) is 0 Å². The van der Waals surface area contributed by atoms with E-state index in [0.717, 1.165) is 32.1 Å². The summed E-state index contributed by atoms with van der Waals surface area (Å²) in [6, 6.07) is 2.03. The van der Waals surface area contributed by atoms with E-state index in [1.807, 2.05) is 13.0 Å². The van der Waals surface area contributed by atoms with Gasteiger partial charge < -0.3 is 4.74 Å². The minimum absolute atomic E-state index is 0.340. The van der Waals surface area contributed by atoms with Gasteiger partial charge in [-0.3, -0.25) is 4.79 Å². The first-order valence-corrected chi connectivity index (χ1v) is 6.32. The van der Waals surface area contributed by atoms with Gasteiger partial charge in [0.25, 0.3) is 0 Å². The lowest BCUT2D eigenvalue weighted by Crippen LogP contribution is -2.16. The summed E-state index contributed by atoms with van der Waals surface area (Å²) in [5.41, 5.74) is 0. The van der Waals surface area contributed by atoms with Crippen LogP contribution in [-0.4, -0.2) is 12.6 Å². The van der Waals surface area contributed by atoms with Crippen molar-refractivity contribution in [3.63, 3.8) is 0 Å². The molecule has 16 heavy (non-hydrogen) atoms. The maximum atomic E-state index is 11.5. The fourth-order valence-electron chi connectivity index (χ4n) is 1.43. The molecule has 0 bridgehead atoms. The Morgan fingerprint density at radius 2 is 1.88 bits per heavy atom. The summed E-state index contributed by atoms with van der Waals surface area (Å²) in [4.78, 5) is 11.5. The van der Waals surface area contributed by atoms with Gasteiger partial charge in [0, 0.05) is 0 Å². The van der Waals surface area contributed by atoms with Gasteiger partial charge in [-0.15, -0.1) is 0 Å². The molecule has 0 aliphatic heterocycles. The number of hydrogen-bond donors (Lipinski definition) is 0. The van der Waals surface area contributed by atoms with Crippen LogP contribution < -0.4 is 0 Å². The number of hydrogen-bond acceptors (Lipinski definition) is 3. The highest BCUT2D eigenvalue weighted by Gasteiger charge is 2.18. The van der Waals surface area contributed by atoms with Crippen molar-refractivity contribution >= 4 is 5.97 Å². The molecule has 0 rings (SSSR count). The van der Waals surface area contributed by atoms with Gasteiger partial charge in [-0.05, 0) is 12.8 Å². The Hall–Kier alpha value is -1.04. The molecule has 0 aromatic heterocycles. The molecule has 0 amide bonds. The predicted molar refractivity (Wildman–Crippen MR) is 63.7 cm³/mol. The molecule has 1 atom stereocenters. The van der Waals surface area contributed by atoms with Crippen LogP contribution in [0.5, 0.6) is 0 Å². The third-order valence-corrected chi connectivity index (χ3v) is 2.53. The number of unbranched alkanes of at least 4 members (excludes halogenated alkanes) is 4. The van der Waals surface area contributed by atoms with Crippen LogP contribution in [0, 0.1) is 17.2 Å². The second kappa shape index (κ2) is 10.5. The second-order valence-electron chi connectivity index (χ2n) is 4.05. The lowest BCUT2D eigenvalue weighted by molar-refractivity contribution is -0.146. The van der Waals surface area contributed by atoms with Crippen molar-refractivity contribution in [1.29, 1.82) is 5.26 Å². The second-order valence-corrected chi connectivity index (χ2v) is 4.05. The van der Waals surface area contributed by atoms with Crippen LogP contribution in [0.25, 0.3) is 0 Å². The van der Waals surface area contributed by atoms with E-state index in [1.165, 1.54) is 6.42 Å². The molecular formula is C13H23NO2. The predicted octanol–water partition coefficient (Wildman–Crippen LogP) is 3.44. The highest BCUT2D eigenvalue weighted by molar-refractivity contribution is 5.75. The molecule has 0 aliphatic carbocycles. The van der Waals surface area contributed by atoms with Gasteiger partial charge in [-0.1, -0.05) is 46.0 Å². The molecule has 0 aromatic rings. The largest absolute Gasteiger partial charge is 0.465 e. The molecule has 3 nitrogen and oxygen atoms in total. The van der Waals surface area contributed by atoms with Gasteiger partial charge in [-0.25, -0.2) is 0 Å². The van der Waals surface area contributed by atoms with E-state index >= 15 is 0 Å². The smallest absolute Gasteiger partial charge is 0.323 e. The molecule has 92 valence electrons. The summed E-state index contributed by atoms with van der Waals surface area (Å²) >= 11 is 0. The number of nitriles is 1. The first kappa shape index (κ1) is 15.0. The molecule has 0 N–H and O–H groups in total. The van der Waals surface area contributed by atoms with Gasteiger partial charge >= 0.3 is 5.97 Å². The van der Waals surface area contributed by atoms with E-state index < -0.39 is 5.92 Å². The molecular weight excluding hydrogens is 202 g/mol. The lowest BCUT2D eigenvalue weighted by atomic mass is 10.0. The van der Waals surface area contributed by atoms with E-state index in [0.29, 0.717) is 13.0 Å². The first-order valence-electron chi connectivity index (χ1n) is 6.32. The fourth-order valence-corrected chi connectivity index (χ4v) is 1.43. The maximum Gasteiger partial charge on any atom is 0.323 e. The number of carbonyl (C=O) groups is 1. The first-order chi connectivity index (χ1) is 7.76. The molecule has 0 saturated heterocycles. The van der Waals surface area contributed by atoms with E-state index in [-0.39, 0.29) is 5.97 Å². The van der Waals surface area contributed by atoms with Crippen LogP contribution in [0.4, 0.5) is 0 Å². The van der Waals surface area contributed by atoms with Gasteiger partial charge in [0.2, 0.25) is 0 Å². The fraction of sp³-hybridized carbons (Fsp3) is 0.846. The number of nitrogens with zero attached hydrogens (tertiary/aromatic N) is 1. The minimum atomic E-state index is -0.561. The van der Waals surface area contributed by atoms with Crippen molar-refractivity contribution in [2.24, 2.45) is 5.92 Å². The van der Waals surface area contributed by atoms with Crippen molar-refractivity contribution in [3.8, 4) is 6.07 Å². The van der Waals surface area contributed by atoms with E-state index in [2.05, 4.69) is 6.92 Å². The van der Waals surface area contributed by atoms with Gasteiger partial charge in [0.05, 0.1) is 12.7 Å². The van der Waals surface area contributed by atoms with Crippen molar-refractivity contribution in [1.82, 2.24) is 0 Å². The lowest BCUT2D eigenvalue weighted by Gasteiger charge is -2.08. The van der Waals surface area contributed by atoms with E-state index in [4.69, 9.17) is 10.00 Å². The van der Waals surface area contributed by atoms with Crippen LogP contribution >= 0.6 is 0 Å². The van der Waals surface area contributed by atoms with Crippen LogP contribution in [0.2, 0.25) is 0 Å². The molecule has 0 aliphatic rings. The number of ether oxygens (including phenoxy) is 1. The van der Waals surface area contributed by atoms with Crippen LogP contribution in [0.1, 0.15) is 58.8 Å². The molecule has 1 unspecified atom stereocenters. The SMILES string of the molecule is CCCCCCC(C#N)C(=O)OCCCC. The molecule has 0 heterocycles. The van der Waals surface area contributed by atoms with Gasteiger partial charge in [0.15, 0.2) is 0 Å². The third-order valence-electron chi connectivity index (χ3n) is 2.53. The highest BCUT2D eigenvalue weighted by atomic mass is 16.5. The summed E-state index contributed by atoms with van der Waals surface area (Å²) in [7, 11) is 0. The normalized spacial score (nSPS) is 11.8. The third kappa shape index (κ3) is 7.28. The Morgan fingerprint density at radius 3 is 2.44 bits per heavy atom. The van der Waals surface area contributed by atoms with Crippen molar-refractivity contribution in [2.45, 2.75) is 58.8 Å². The summed E-state index contributed by atoms with van der Waals surface area (Å²) in [6.07, 6.45) is 6.88. The summed E-state index contributed by atoms with van der Waals surface area (Å²) < 4.78 is 5.03. The minimum Gasteiger partial charge on any atom is -0.465 e. The standard InChI is InChI=1S/C13H23NO2/c1-3-5-7-8-9-12(11-14)13(15)16-10-6-4-2/h12H,3-10H2,1-2H3. The summed E-state index contributed by atoms with van der Waals surface area (Å²) in [5.74, 6) is -0.902. The quantitative estimate of drug-likeness (QED) is 0.446. The highest BCUT2D eigenvalue weighted by Crippen LogP contribution is 2.12. The van der Waals surface area contributed by atoms with Gasteiger partial charge in [0.1, 0.15) is 5.92 Å². The Kier molecular flexibility index (Phi) is 9.80. The Labute approximate surface area is 98.8 Å². The molecule has 0 fully saturated rings. The van der Waals surface area contributed by atoms with Crippen molar-refractivity contribution in [2.75, 3.05) is 6.61 Å². The van der Waals surface area contributed by atoms with Crippen LogP contribution in [0.3, 0.4) is 0 Å². The van der Waals surface area contributed by atoms with Crippen molar-refractivity contribution in [3.05, 3.63) is 0 Å². The molecule has 3 heteroatoms. The molecule has 0 saturated carbocycles. The molecule has 0 aromatic carbocycles. The topological polar surface area (TPSA) is 50.1 Å². The van der Waals surface area contributed by atoms with E-state index in [9.17, 15) is 4.79 Å². The zero-order valence-corrected chi connectivity index (χ0v) is 10.5. The summed E-state index contributed by atoms with van der Waals surface area (Å²) in [5, 5.41) is 8.86. The Bertz CT molecular complexity index is 220. The zero-order chi connectivity index (χ0) is 12.2. The van der Waals surface area contributed by atoms with E-state index in [1.54, 1.807) is 0 Å². The maximum absolute atomic E-state index is 11.5. The average molecular weight is 225 g/mol. The average Bonchev–Trinajstić information content (AvgIpc) is 2.29. The van der Waals surface area contributed by atoms with Gasteiger partial charge in [-0.2, -0.15) is 5.26 Å². The number of rotatable bonds is 9. The molecule has 0 radical (unpaired) electrons. The zero-order valence-electron chi connectivity index (χ0n) is 10.5. The molecule has 0 spiro atoms. The summed E-state index contributed by atoms with van der Waals surface area (Å²) in [6.45, 7) is 4.63. The monoisotopic (exact) mass is 225 g/mol.